The molecule has 0 saturated heterocycles. The number of unbranched alkanes of at least 4 members (excludes halogenated alkanes) is 1. The summed E-state index contributed by atoms with van der Waals surface area (Å²) in [7, 11) is 0. The number of halogens is 1. The van der Waals surface area contributed by atoms with E-state index in [1.54, 1.807) is 12.1 Å². The second-order valence-corrected chi connectivity index (χ2v) is 4.39. The number of carbonyl (C=O) groups excluding carboxylic acids is 1. The summed E-state index contributed by atoms with van der Waals surface area (Å²) in [6.45, 7) is 0.551. The van der Waals surface area contributed by atoms with Crippen LogP contribution in [0.2, 0.25) is 0 Å². The average Bonchev–Trinajstić information content (AvgIpc) is 2.28. The number of hydrogen-bond acceptors (Lipinski definition) is 2. The summed E-state index contributed by atoms with van der Waals surface area (Å²) in [5, 5.41) is 12.2. The van der Waals surface area contributed by atoms with Gasteiger partial charge in [0, 0.05) is 18.5 Å². The van der Waals surface area contributed by atoms with Gasteiger partial charge in [0.05, 0.1) is 3.57 Å². The summed E-state index contributed by atoms with van der Waals surface area (Å²) in [5.74, 6) is 2.44. The Balaban J connectivity index is 2.53. The van der Waals surface area contributed by atoms with Gasteiger partial charge in [0.25, 0.3) is 5.91 Å². The molecule has 0 aromatic heterocycles. The molecule has 0 atom stereocenters. The fourth-order valence-corrected chi connectivity index (χ4v) is 1.48. The number of amides is 1. The number of phenols is 1. The highest BCUT2D eigenvalue weighted by molar-refractivity contribution is 14.1. The smallest absolute Gasteiger partial charge is 0.251 e. The molecule has 3 nitrogen and oxygen atoms in total. The molecule has 1 amide bonds. The normalized spacial score (nSPS) is 9.50. The predicted molar refractivity (Wildman–Crippen MR) is 71.2 cm³/mol. The summed E-state index contributed by atoms with van der Waals surface area (Å²) in [5.41, 5.74) is 0.457. The van der Waals surface area contributed by atoms with Crippen LogP contribution in [0.1, 0.15) is 23.2 Å². The van der Waals surface area contributed by atoms with Gasteiger partial charge in [-0.3, -0.25) is 4.79 Å². The SMILES string of the molecule is C#CCCCNC(=O)c1ccc(I)c(O)c1. The van der Waals surface area contributed by atoms with Crippen molar-refractivity contribution in [1.82, 2.24) is 5.32 Å². The maximum absolute atomic E-state index is 11.6. The maximum Gasteiger partial charge on any atom is 0.251 e. The van der Waals surface area contributed by atoms with Gasteiger partial charge < -0.3 is 10.4 Å². The standard InChI is InChI=1S/C12H12INO2/c1-2-3-4-7-14-12(16)9-5-6-10(13)11(15)8-9/h1,5-6,8,15H,3-4,7H2,(H,14,16). The second kappa shape index (κ2) is 6.38. The fraction of sp³-hybridized carbons (Fsp3) is 0.250. The minimum Gasteiger partial charge on any atom is -0.507 e. The first-order chi connectivity index (χ1) is 7.65. The molecule has 1 aromatic carbocycles. The second-order valence-electron chi connectivity index (χ2n) is 3.23. The first-order valence-corrected chi connectivity index (χ1v) is 5.93. The monoisotopic (exact) mass is 329 g/mol. The van der Waals surface area contributed by atoms with Gasteiger partial charge in [-0.1, -0.05) is 0 Å². The van der Waals surface area contributed by atoms with Gasteiger partial charge in [-0.15, -0.1) is 12.3 Å². The molecular formula is C12H12INO2. The molecule has 0 fully saturated rings. The highest BCUT2D eigenvalue weighted by atomic mass is 127. The molecule has 0 spiro atoms. The Bertz CT molecular complexity index is 424. The third kappa shape index (κ3) is 3.74. The largest absolute Gasteiger partial charge is 0.507 e. The van der Waals surface area contributed by atoms with E-state index in [0.717, 1.165) is 9.99 Å². The molecule has 0 heterocycles. The van der Waals surface area contributed by atoms with E-state index in [9.17, 15) is 9.90 Å². The Labute approximate surface area is 108 Å². The zero-order chi connectivity index (χ0) is 12.0. The van der Waals surface area contributed by atoms with E-state index in [-0.39, 0.29) is 11.7 Å². The van der Waals surface area contributed by atoms with Crippen molar-refractivity contribution < 1.29 is 9.90 Å². The summed E-state index contributed by atoms with van der Waals surface area (Å²) in [6, 6.07) is 4.84. The van der Waals surface area contributed by atoms with Crippen molar-refractivity contribution >= 4 is 28.5 Å². The van der Waals surface area contributed by atoms with Gasteiger partial charge in [0.15, 0.2) is 0 Å². The molecular weight excluding hydrogens is 317 g/mol. The van der Waals surface area contributed by atoms with Crippen molar-refractivity contribution in [3.8, 4) is 18.1 Å². The van der Waals surface area contributed by atoms with E-state index >= 15 is 0 Å². The molecule has 1 aromatic rings. The lowest BCUT2D eigenvalue weighted by atomic mass is 10.2. The number of rotatable bonds is 4. The molecule has 0 aliphatic heterocycles. The van der Waals surface area contributed by atoms with Crippen LogP contribution < -0.4 is 5.32 Å². The van der Waals surface area contributed by atoms with Gasteiger partial charge in [0.2, 0.25) is 0 Å². The van der Waals surface area contributed by atoms with Crippen molar-refractivity contribution in [3.05, 3.63) is 27.3 Å². The minimum absolute atomic E-state index is 0.122. The van der Waals surface area contributed by atoms with Crippen LogP contribution >= 0.6 is 22.6 Å². The van der Waals surface area contributed by atoms with Crippen molar-refractivity contribution in [2.75, 3.05) is 6.54 Å². The van der Waals surface area contributed by atoms with Crippen LogP contribution in [0.25, 0.3) is 0 Å². The summed E-state index contributed by atoms with van der Waals surface area (Å²) < 4.78 is 0.724. The van der Waals surface area contributed by atoms with E-state index in [0.29, 0.717) is 18.5 Å². The Hall–Kier alpha value is -1.22. The maximum atomic E-state index is 11.6. The minimum atomic E-state index is -0.191. The van der Waals surface area contributed by atoms with Crippen molar-refractivity contribution in [1.29, 1.82) is 0 Å². The van der Waals surface area contributed by atoms with Gasteiger partial charge in [-0.05, 0) is 47.2 Å². The average molecular weight is 329 g/mol. The predicted octanol–water partition coefficient (Wildman–Crippen LogP) is 2.14. The molecule has 0 saturated carbocycles. The molecule has 0 unspecified atom stereocenters. The molecule has 0 aliphatic carbocycles. The number of carbonyl (C=O) groups is 1. The fourth-order valence-electron chi connectivity index (χ4n) is 1.15. The van der Waals surface area contributed by atoms with E-state index < -0.39 is 0 Å². The lowest BCUT2D eigenvalue weighted by Gasteiger charge is -2.05. The Morgan fingerprint density at radius 2 is 2.31 bits per heavy atom. The van der Waals surface area contributed by atoms with E-state index in [2.05, 4.69) is 11.2 Å². The van der Waals surface area contributed by atoms with Gasteiger partial charge in [-0.25, -0.2) is 0 Å². The van der Waals surface area contributed by atoms with Crippen molar-refractivity contribution in [3.63, 3.8) is 0 Å². The zero-order valence-electron chi connectivity index (χ0n) is 8.66. The first-order valence-electron chi connectivity index (χ1n) is 4.85. The highest BCUT2D eigenvalue weighted by Gasteiger charge is 2.06. The van der Waals surface area contributed by atoms with Crippen LogP contribution in [0.15, 0.2) is 18.2 Å². The van der Waals surface area contributed by atoms with Crippen molar-refractivity contribution in [2.24, 2.45) is 0 Å². The molecule has 4 heteroatoms. The van der Waals surface area contributed by atoms with Crippen molar-refractivity contribution in [2.45, 2.75) is 12.8 Å². The number of aromatic hydroxyl groups is 1. The van der Waals surface area contributed by atoms with Gasteiger partial charge in [0.1, 0.15) is 5.75 Å². The first kappa shape index (κ1) is 12.8. The number of benzene rings is 1. The van der Waals surface area contributed by atoms with E-state index in [4.69, 9.17) is 6.42 Å². The summed E-state index contributed by atoms with van der Waals surface area (Å²) in [4.78, 5) is 11.6. The zero-order valence-corrected chi connectivity index (χ0v) is 10.8. The third-order valence-corrected chi connectivity index (χ3v) is 2.90. The molecule has 16 heavy (non-hydrogen) atoms. The van der Waals surface area contributed by atoms with Crippen LogP contribution in [0.5, 0.6) is 5.75 Å². The molecule has 2 N–H and O–H groups in total. The van der Waals surface area contributed by atoms with E-state index in [1.807, 2.05) is 22.6 Å². The lowest BCUT2D eigenvalue weighted by molar-refractivity contribution is 0.0953. The number of phenolic OH excluding ortho intramolecular Hbond substituents is 1. The van der Waals surface area contributed by atoms with Crippen LogP contribution in [-0.4, -0.2) is 17.6 Å². The van der Waals surface area contributed by atoms with Crippen LogP contribution in [-0.2, 0) is 0 Å². The Kier molecular flexibility index (Phi) is 5.12. The van der Waals surface area contributed by atoms with Gasteiger partial charge >= 0.3 is 0 Å². The van der Waals surface area contributed by atoms with Crippen LogP contribution in [0.4, 0.5) is 0 Å². The third-order valence-electron chi connectivity index (χ3n) is 1.99. The number of hydrogen-bond donors (Lipinski definition) is 2. The quantitative estimate of drug-likeness (QED) is 0.505. The molecule has 0 aliphatic rings. The lowest BCUT2D eigenvalue weighted by Crippen LogP contribution is -2.24. The highest BCUT2D eigenvalue weighted by Crippen LogP contribution is 2.20. The van der Waals surface area contributed by atoms with E-state index in [1.165, 1.54) is 6.07 Å². The van der Waals surface area contributed by atoms with Crippen LogP contribution in [0.3, 0.4) is 0 Å². The summed E-state index contributed by atoms with van der Waals surface area (Å²) >= 11 is 2.00. The molecule has 0 radical (unpaired) electrons. The van der Waals surface area contributed by atoms with Crippen LogP contribution in [0, 0.1) is 15.9 Å². The summed E-state index contributed by atoms with van der Waals surface area (Å²) in [6.07, 6.45) is 6.51. The topological polar surface area (TPSA) is 49.3 Å². The number of terminal acetylenes is 1. The molecule has 84 valence electrons. The van der Waals surface area contributed by atoms with Gasteiger partial charge in [-0.2, -0.15) is 0 Å². The molecule has 0 bridgehead atoms. The Morgan fingerprint density at radius 1 is 1.56 bits per heavy atom. The molecule has 1 rings (SSSR count). The Morgan fingerprint density at radius 3 is 2.94 bits per heavy atom. The number of nitrogens with one attached hydrogen (secondary N) is 1.